The normalized spacial score (nSPS) is 30.9. The molecule has 0 aliphatic carbocycles. The molecule has 35 heavy (non-hydrogen) atoms. The first-order valence-electron chi connectivity index (χ1n) is 13.1. The molecule has 3 aliphatic rings. The Morgan fingerprint density at radius 2 is 1.86 bits per heavy atom. The molecule has 196 valence electrons. The van der Waals surface area contributed by atoms with Crippen LogP contribution in [0.3, 0.4) is 0 Å². The topological polar surface area (TPSA) is 81.2 Å². The molecular formula is C27H43N3O4S. The molecule has 5 atom stereocenters. The third kappa shape index (κ3) is 4.93. The standard InChI is InChI=1S/C27H43N3O4S/c1-6-9-17-29(16-8-3)25(34)22-27-14-13-26(4,35-27)20(23(32)28(5)15-7-2)21(27)24(33)30(22)18-11-10-12-19-31/h7-8,20-22,31H,2-3,6,9-19H2,1,4-5H3/t20-,21-,22?,26+,27?/m0/s1. The predicted molar refractivity (Wildman–Crippen MR) is 141 cm³/mol. The molecule has 3 saturated heterocycles. The van der Waals surface area contributed by atoms with Gasteiger partial charge in [-0.05, 0) is 45.4 Å². The van der Waals surface area contributed by atoms with Crippen LogP contribution in [0.25, 0.3) is 0 Å². The van der Waals surface area contributed by atoms with E-state index >= 15 is 0 Å². The Morgan fingerprint density at radius 1 is 1.14 bits per heavy atom. The van der Waals surface area contributed by atoms with Crippen LogP contribution in [0.4, 0.5) is 0 Å². The quantitative estimate of drug-likeness (QED) is 0.290. The number of aliphatic hydroxyl groups is 1. The molecule has 3 amide bonds. The lowest BCUT2D eigenvalue weighted by atomic mass is 9.66. The van der Waals surface area contributed by atoms with Crippen molar-refractivity contribution in [3.8, 4) is 0 Å². The number of aliphatic hydroxyl groups excluding tert-OH is 1. The lowest BCUT2D eigenvalue weighted by Gasteiger charge is -2.37. The van der Waals surface area contributed by atoms with E-state index < -0.39 is 22.6 Å². The molecule has 7 nitrogen and oxygen atoms in total. The van der Waals surface area contributed by atoms with Crippen LogP contribution in [-0.2, 0) is 14.4 Å². The van der Waals surface area contributed by atoms with Crippen LogP contribution in [-0.4, -0.2) is 92.9 Å². The summed E-state index contributed by atoms with van der Waals surface area (Å²) in [5.74, 6) is -1.03. The second kappa shape index (κ2) is 11.5. The van der Waals surface area contributed by atoms with Gasteiger partial charge in [0.15, 0.2) is 0 Å². The maximum Gasteiger partial charge on any atom is 0.247 e. The molecule has 8 heteroatoms. The Hall–Kier alpha value is -1.80. The molecule has 1 spiro atoms. The second-order valence-electron chi connectivity index (χ2n) is 10.5. The molecule has 3 rings (SSSR count). The minimum absolute atomic E-state index is 0.0133. The van der Waals surface area contributed by atoms with Crippen molar-refractivity contribution in [1.82, 2.24) is 14.7 Å². The highest BCUT2D eigenvalue weighted by atomic mass is 32.2. The van der Waals surface area contributed by atoms with Crippen LogP contribution in [0.15, 0.2) is 25.3 Å². The largest absolute Gasteiger partial charge is 0.396 e. The van der Waals surface area contributed by atoms with Gasteiger partial charge in [0.25, 0.3) is 0 Å². The Labute approximate surface area is 215 Å². The molecule has 3 fully saturated rings. The van der Waals surface area contributed by atoms with Crippen LogP contribution in [0.1, 0.15) is 58.8 Å². The molecule has 0 radical (unpaired) electrons. The predicted octanol–water partition coefficient (Wildman–Crippen LogP) is 3.09. The number of fused-ring (bicyclic) bond motifs is 1. The first kappa shape index (κ1) is 27.8. The van der Waals surface area contributed by atoms with Crippen LogP contribution in [0.2, 0.25) is 0 Å². The van der Waals surface area contributed by atoms with Gasteiger partial charge in [0.2, 0.25) is 17.7 Å². The molecule has 0 saturated carbocycles. The van der Waals surface area contributed by atoms with E-state index in [-0.39, 0.29) is 29.1 Å². The number of carbonyl (C=O) groups is 3. The second-order valence-corrected chi connectivity index (χ2v) is 12.4. The summed E-state index contributed by atoms with van der Waals surface area (Å²) in [6.07, 6.45) is 9.10. The fraction of sp³-hybridized carbons (Fsp3) is 0.741. The minimum Gasteiger partial charge on any atom is -0.396 e. The van der Waals surface area contributed by atoms with Crippen molar-refractivity contribution in [2.75, 3.05) is 39.8 Å². The summed E-state index contributed by atoms with van der Waals surface area (Å²) in [6.45, 7) is 13.9. The van der Waals surface area contributed by atoms with Gasteiger partial charge in [0.05, 0.1) is 16.6 Å². The van der Waals surface area contributed by atoms with Crippen molar-refractivity contribution in [3.63, 3.8) is 0 Å². The lowest BCUT2D eigenvalue weighted by Crippen LogP contribution is -2.55. The summed E-state index contributed by atoms with van der Waals surface area (Å²) in [7, 11) is 1.77. The van der Waals surface area contributed by atoms with E-state index in [1.54, 1.807) is 40.8 Å². The number of likely N-dealkylation sites (N-methyl/N-ethyl adjacent to an activating group) is 1. The van der Waals surface area contributed by atoms with E-state index in [0.717, 1.165) is 38.5 Å². The third-order valence-corrected chi connectivity index (χ3v) is 10.0. The summed E-state index contributed by atoms with van der Waals surface area (Å²) in [6, 6.07) is -0.569. The molecule has 2 bridgehead atoms. The van der Waals surface area contributed by atoms with Crippen LogP contribution in [0, 0.1) is 11.8 Å². The Balaban J connectivity index is 2.01. The number of likely N-dealkylation sites (tertiary alicyclic amines) is 1. The number of carbonyl (C=O) groups excluding carboxylic acids is 3. The number of nitrogens with zero attached hydrogens (tertiary/aromatic N) is 3. The monoisotopic (exact) mass is 505 g/mol. The Kier molecular flexibility index (Phi) is 9.13. The molecule has 0 aromatic carbocycles. The maximum atomic E-state index is 14.2. The molecule has 1 N–H and O–H groups in total. The number of hydrogen-bond donors (Lipinski definition) is 1. The van der Waals surface area contributed by atoms with Gasteiger partial charge in [-0.2, -0.15) is 0 Å². The van der Waals surface area contributed by atoms with Crippen LogP contribution >= 0.6 is 11.8 Å². The SMILES string of the molecule is C=CCN(C)C(=O)[C@@H]1[C@H]2C(=O)N(CCCCCO)C(C(=O)N(CC=C)CCCC)C23CC[C@@]1(C)S3. The van der Waals surface area contributed by atoms with Gasteiger partial charge < -0.3 is 19.8 Å². The van der Waals surface area contributed by atoms with E-state index in [0.29, 0.717) is 32.6 Å². The van der Waals surface area contributed by atoms with Crippen molar-refractivity contribution >= 4 is 29.5 Å². The summed E-state index contributed by atoms with van der Waals surface area (Å²) in [5.41, 5.74) is 0. The third-order valence-electron chi connectivity index (χ3n) is 8.06. The fourth-order valence-corrected chi connectivity index (χ4v) is 8.73. The van der Waals surface area contributed by atoms with Gasteiger partial charge in [0, 0.05) is 44.6 Å². The number of amides is 3. The maximum absolute atomic E-state index is 14.2. The summed E-state index contributed by atoms with van der Waals surface area (Å²) in [4.78, 5) is 47.1. The first-order chi connectivity index (χ1) is 16.7. The average molecular weight is 506 g/mol. The van der Waals surface area contributed by atoms with Crippen molar-refractivity contribution in [2.24, 2.45) is 11.8 Å². The van der Waals surface area contributed by atoms with E-state index in [1.807, 2.05) is 4.90 Å². The summed E-state index contributed by atoms with van der Waals surface area (Å²) >= 11 is 1.72. The highest BCUT2D eigenvalue weighted by molar-refractivity contribution is 8.02. The zero-order chi connectivity index (χ0) is 25.8. The zero-order valence-corrected chi connectivity index (χ0v) is 22.5. The number of thioether (sulfide) groups is 1. The molecule has 0 aromatic rings. The highest BCUT2D eigenvalue weighted by Crippen LogP contribution is 2.71. The Bertz CT molecular complexity index is 835. The van der Waals surface area contributed by atoms with E-state index in [2.05, 4.69) is 27.0 Å². The number of unbranched alkanes of at least 4 members (excludes halogenated alkanes) is 3. The molecule has 0 aromatic heterocycles. The van der Waals surface area contributed by atoms with Gasteiger partial charge >= 0.3 is 0 Å². The summed E-state index contributed by atoms with van der Waals surface area (Å²) in [5, 5.41) is 9.20. The van der Waals surface area contributed by atoms with Crippen molar-refractivity contribution in [1.29, 1.82) is 0 Å². The van der Waals surface area contributed by atoms with E-state index in [9.17, 15) is 19.5 Å². The van der Waals surface area contributed by atoms with Gasteiger partial charge in [-0.1, -0.05) is 25.5 Å². The van der Waals surface area contributed by atoms with Gasteiger partial charge in [-0.25, -0.2) is 0 Å². The highest BCUT2D eigenvalue weighted by Gasteiger charge is 2.77. The van der Waals surface area contributed by atoms with Gasteiger partial charge in [-0.15, -0.1) is 24.9 Å². The van der Waals surface area contributed by atoms with Gasteiger partial charge in [0.1, 0.15) is 6.04 Å². The van der Waals surface area contributed by atoms with E-state index in [1.165, 1.54) is 0 Å². The van der Waals surface area contributed by atoms with Crippen molar-refractivity contribution in [3.05, 3.63) is 25.3 Å². The van der Waals surface area contributed by atoms with E-state index in [4.69, 9.17) is 0 Å². The van der Waals surface area contributed by atoms with Gasteiger partial charge in [-0.3, -0.25) is 14.4 Å². The molecule has 3 aliphatic heterocycles. The average Bonchev–Trinajstić information content (AvgIpc) is 3.39. The van der Waals surface area contributed by atoms with Crippen LogP contribution in [0.5, 0.6) is 0 Å². The summed E-state index contributed by atoms with van der Waals surface area (Å²) < 4.78 is -0.943. The first-order valence-corrected chi connectivity index (χ1v) is 13.9. The molecular weight excluding hydrogens is 462 g/mol. The number of hydrogen-bond acceptors (Lipinski definition) is 5. The Morgan fingerprint density at radius 3 is 2.49 bits per heavy atom. The lowest BCUT2D eigenvalue weighted by molar-refractivity contribution is -0.145. The fourth-order valence-electron chi connectivity index (χ4n) is 6.38. The molecule has 3 heterocycles. The van der Waals surface area contributed by atoms with Crippen molar-refractivity contribution < 1.29 is 19.5 Å². The smallest absolute Gasteiger partial charge is 0.247 e. The van der Waals surface area contributed by atoms with Crippen molar-refractivity contribution in [2.45, 2.75) is 74.3 Å². The number of rotatable bonds is 14. The zero-order valence-electron chi connectivity index (χ0n) is 21.7. The minimum atomic E-state index is -0.582. The molecule has 2 unspecified atom stereocenters. The van der Waals surface area contributed by atoms with Crippen LogP contribution < -0.4 is 0 Å².